The number of hydrogen-bond acceptors (Lipinski definition) is 1. The van der Waals surface area contributed by atoms with Gasteiger partial charge in [-0.2, -0.15) is 0 Å². The van der Waals surface area contributed by atoms with Crippen molar-refractivity contribution in [3.05, 3.63) is 0 Å². The van der Waals surface area contributed by atoms with Gasteiger partial charge in [0.15, 0.2) is 0 Å². The van der Waals surface area contributed by atoms with Crippen molar-refractivity contribution in [2.24, 2.45) is 0 Å². The summed E-state index contributed by atoms with van der Waals surface area (Å²) in [5.41, 5.74) is 0. The van der Waals surface area contributed by atoms with Crippen molar-refractivity contribution in [3.63, 3.8) is 0 Å². The number of rotatable bonds is 4. The first kappa shape index (κ1) is 9.25. The van der Waals surface area contributed by atoms with Crippen LogP contribution >= 0.6 is 11.6 Å². The number of alkyl halides is 1. The lowest BCUT2D eigenvalue weighted by atomic mass is 10.4. The summed E-state index contributed by atoms with van der Waals surface area (Å²) in [6, 6.07) is 0. The van der Waals surface area contributed by atoms with E-state index in [4.69, 9.17) is 11.6 Å². The Morgan fingerprint density at radius 3 is 2.44 bits per heavy atom. The molecular formula is C7H16ClN. The third-order valence-corrected chi connectivity index (χ3v) is 1.31. The summed E-state index contributed by atoms with van der Waals surface area (Å²) in [4.78, 5) is 2.25. The van der Waals surface area contributed by atoms with Gasteiger partial charge in [0.2, 0.25) is 0 Å². The summed E-state index contributed by atoms with van der Waals surface area (Å²) in [6.07, 6.45) is 1.21. The normalized spacial score (nSPS) is 14.3. The quantitative estimate of drug-likeness (QED) is 0.553. The molecule has 0 radical (unpaired) electrons. The Labute approximate surface area is 63.0 Å². The van der Waals surface area contributed by atoms with Gasteiger partial charge >= 0.3 is 0 Å². The van der Waals surface area contributed by atoms with Crippen LogP contribution < -0.4 is 0 Å². The fraction of sp³-hybridized carbons (Fsp3) is 1.00. The van der Waals surface area contributed by atoms with Gasteiger partial charge in [0, 0.05) is 11.9 Å². The molecule has 0 spiro atoms. The zero-order valence-electron chi connectivity index (χ0n) is 6.52. The molecule has 0 saturated heterocycles. The molecule has 0 aromatic carbocycles. The highest BCUT2D eigenvalue weighted by Crippen LogP contribution is 1.96. The lowest BCUT2D eigenvalue weighted by Gasteiger charge is -2.15. The molecule has 0 fully saturated rings. The molecule has 56 valence electrons. The maximum Gasteiger partial charge on any atom is 0.0434 e. The van der Waals surface area contributed by atoms with E-state index in [-0.39, 0.29) is 5.38 Å². The Bertz CT molecular complexity index is 63.9. The maximum atomic E-state index is 5.77. The molecule has 0 rings (SSSR count). The van der Waals surface area contributed by atoms with E-state index in [1.165, 1.54) is 6.42 Å². The fourth-order valence-electron chi connectivity index (χ4n) is 0.902. The van der Waals surface area contributed by atoms with E-state index in [0.29, 0.717) is 0 Å². The van der Waals surface area contributed by atoms with Gasteiger partial charge in [-0.1, -0.05) is 6.92 Å². The Morgan fingerprint density at radius 1 is 1.56 bits per heavy atom. The molecule has 0 N–H and O–H groups in total. The molecule has 1 atom stereocenters. The number of halogens is 1. The molecule has 0 aliphatic carbocycles. The van der Waals surface area contributed by atoms with E-state index < -0.39 is 0 Å². The van der Waals surface area contributed by atoms with E-state index in [1.54, 1.807) is 0 Å². The highest BCUT2D eigenvalue weighted by atomic mass is 35.5. The predicted molar refractivity (Wildman–Crippen MR) is 43.1 cm³/mol. The van der Waals surface area contributed by atoms with E-state index in [1.807, 2.05) is 6.92 Å². The van der Waals surface area contributed by atoms with Crippen molar-refractivity contribution in [1.82, 2.24) is 4.90 Å². The first-order valence-electron chi connectivity index (χ1n) is 3.49. The van der Waals surface area contributed by atoms with Crippen molar-refractivity contribution < 1.29 is 0 Å². The zero-order chi connectivity index (χ0) is 7.28. The van der Waals surface area contributed by atoms with Crippen LogP contribution in [0.5, 0.6) is 0 Å². The van der Waals surface area contributed by atoms with Gasteiger partial charge in [-0.15, -0.1) is 11.6 Å². The van der Waals surface area contributed by atoms with Crippen LogP contribution in [0.1, 0.15) is 20.3 Å². The maximum absolute atomic E-state index is 5.77. The third-order valence-electron chi connectivity index (χ3n) is 1.17. The lowest BCUT2D eigenvalue weighted by molar-refractivity contribution is 0.338. The molecule has 0 aromatic rings. The highest BCUT2D eigenvalue weighted by molar-refractivity contribution is 6.20. The second-order valence-electron chi connectivity index (χ2n) is 2.54. The second-order valence-corrected chi connectivity index (χ2v) is 3.29. The largest absolute Gasteiger partial charge is 0.305 e. The first-order valence-corrected chi connectivity index (χ1v) is 3.93. The Hall–Kier alpha value is 0.250. The standard InChI is InChI=1S/C7H16ClN/c1-4-5-9(3)6-7(2)8/h7H,4-6H2,1-3H3. The van der Waals surface area contributed by atoms with Crippen LogP contribution in [-0.4, -0.2) is 30.4 Å². The minimum absolute atomic E-state index is 0.279. The average molecular weight is 150 g/mol. The zero-order valence-corrected chi connectivity index (χ0v) is 7.28. The second kappa shape index (κ2) is 5.07. The molecule has 0 bridgehead atoms. The van der Waals surface area contributed by atoms with E-state index in [2.05, 4.69) is 18.9 Å². The van der Waals surface area contributed by atoms with Gasteiger partial charge < -0.3 is 4.90 Å². The van der Waals surface area contributed by atoms with Crippen LogP contribution in [-0.2, 0) is 0 Å². The molecule has 9 heavy (non-hydrogen) atoms. The monoisotopic (exact) mass is 149 g/mol. The van der Waals surface area contributed by atoms with Crippen molar-refractivity contribution in [3.8, 4) is 0 Å². The van der Waals surface area contributed by atoms with Crippen LogP contribution in [0.25, 0.3) is 0 Å². The number of nitrogens with zero attached hydrogens (tertiary/aromatic N) is 1. The highest BCUT2D eigenvalue weighted by Gasteiger charge is 1.99. The molecule has 0 aliphatic heterocycles. The van der Waals surface area contributed by atoms with Gasteiger partial charge in [0.05, 0.1) is 0 Å². The topological polar surface area (TPSA) is 3.24 Å². The molecule has 0 saturated carbocycles. The van der Waals surface area contributed by atoms with Crippen molar-refractivity contribution in [2.75, 3.05) is 20.1 Å². The minimum atomic E-state index is 0.279. The summed E-state index contributed by atoms with van der Waals surface area (Å²) in [6.45, 7) is 6.34. The molecule has 0 heterocycles. The van der Waals surface area contributed by atoms with Crippen LogP contribution in [0, 0.1) is 0 Å². The summed E-state index contributed by atoms with van der Waals surface area (Å²) < 4.78 is 0. The molecular weight excluding hydrogens is 134 g/mol. The van der Waals surface area contributed by atoms with Gasteiger partial charge in [-0.25, -0.2) is 0 Å². The third kappa shape index (κ3) is 6.13. The van der Waals surface area contributed by atoms with E-state index >= 15 is 0 Å². The predicted octanol–water partition coefficient (Wildman–Crippen LogP) is 1.96. The van der Waals surface area contributed by atoms with Crippen LogP contribution in [0.4, 0.5) is 0 Å². The SMILES string of the molecule is CCCN(C)CC(C)Cl. The summed E-state index contributed by atoms with van der Waals surface area (Å²) in [5.74, 6) is 0. The van der Waals surface area contributed by atoms with Crippen LogP contribution in [0.2, 0.25) is 0 Å². The Kier molecular flexibility index (Phi) is 5.21. The Balaban J connectivity index is 3.15. The summed E-state index contributed by atoms with van der Waals surface area (Å²) in [5, 5.41) is 0.279. The molecule has 0 aliphatic rings. The van der Waals surface area contributed by atoms with Crippen molar-refractivity contribution >= 4 is 11.6 Å². The molecule has 1 nitrogen and oxygen atoms in total. The molecule has 0 amide bonds. The van der Waals surface area contributed by atoms with Gasteiger partial charge in [0.25, 0.3) is 0 Å². The van der Waals surface area contributed by atoms with Crippen LogP contribution in [0.3, 0.4) is 0 Å². The lowest BCUT2D eigenvalue weighted by Crippen LogP contribution is -2.25. The first-order chi connectivity index (χ1) is 4.16. The summed E-state index contributed by atoms with van der Waals surface area (Å²) in [7, 11) is 2.10. The summed E-state index contributed by atoms with van der Waals surface area (Å²) >= 11 is 5.77. The average Bonchev–Trinajstić information content (AvgIpc) is 1.63. The van der Waals surface area contributed by atoms with Crippen molar-refractivity contribution in [1.29, 1.82) is 0 Å². The minimum Gasteiger partial charge on any atom is -0.305 e. The van der Waals surface area contributed by atoms with Gasteiger partial charge in [0.1, 0.15) is 0 Å². The van der Waals surface area contributed by atoms with Crippen molar-refractivity contribution in [2.45, 2.75) is 25.6 Å². The smallest absolute Gasteiger partial charge is 0.0434 e. The van der Waals surface area contributed by atoms with E-state index in [9.17, 15) is 0 Å². The molecule has 2 heteroatoms. The number of hydrogen-bond donors (Lipinski definition) is 0. The molecule has 1 unspecified atom stereocenters. The molecule has 0 aromatic heterocycles. The Morgan fingerprint density at radius 2 is 2.11 bits per heavy atom. The van der Waals surface area contributed by atoms with Gasteiger partial charge in [-0.3, -0.25) is 0 Å². The van der Waals surface area contributed by atoms with Crippen LogP contribution in [0.15, 0.2) is 0 Å². The van der Waals surface area contributed by atoms with Gasteiger partial charge in [-0.05, 0) is 26.9 Å². The van der Waals surface area contributed by atoms with E-state index in [0.717, 1.165) is 13.1 Å². The fourth-order valence-corrected chi connectivity index (χ4v) is 1.14.